The van der Waals surface area contributed by atoms with Gasteiger partial charge in [-0.15, -0.1) is 0 Å². The van der Waals surface area contributed by atoms with Crippen molar-refractivity contribution in [2.45, 2.75) is 43.4 Å². The van der Waals surface area contributed by atoms with E-state index in [1.807, 2.05) is 0 Å². The van der Waals surface area contributed by atoms with Crippen molar-refractivity contribution in [1.29, 1.82) is 0 Å². The number of carbonyl (C=O) groups is 1. The number of nitrogens with one attached hydrogen (secondary N) is 1. The molecule has 7 nitrogen and oxygen atoms in total. The van der Waals surface area contributed by atoms with E-state index in [1.165, 1.54) is 30.0 Å². The van der Waals surface area contributed by atoms with Gasteiger partial charge in [0, 0.05) is 32.6 Å². The van der Waals surface area contributed by atoms with Crippen molar-refractivity contribution in [1.82, 2.24) is 14.5 Å². The van der Waals surface area contributed by atoms with Gasteiger partial charge in [-0.05, 0) is 50.0 Å². The normalized spacial score (nSPS) is 19.6. The molecular formula is C21H33N3O4S. The van der Waals surface area contributed by atoms with Crippen molar-refractivity contribution < 1.29 is 17.9 Å². The number of hydrogen-bond donors (Lipinski definition) is 1. The Bertz CT molecular complexity index is 738. The molecule has 0 aliphatic carbocycles. The molecule has 3 rings (SSSR count). The minimum Gasteiger partial charge on any atom is -0.379 e. The maximum absolute atomic E-state index is 12.6. The van der Waals surface area contributed by atoms with Gasteiger partial charge in [-0.1, -0.05) is 25.0 Å². The van der Waals surface area contributed by atoms with Crippen LogP contribution >= 0.6 is 0 Å². The smallest absolute Gasteiger partial charge is 0.243 e. The maximum Gasteiger partial charge on any atom is 0.243 e. The van der Waals surface area contributed by atoms with Crippen LogP contribution in [-0.4, -0.2) is 76.0 Å². The molecule has 2 aliphatic heterocycles. The van der Waals surface area contributed by atoms with Crippen LogP contribution in [0.1, 0.15) is 37.7 Å². The van der Waals surface area contributed by atoms with E-state index in [0.29, 0.717) is 50.6 Å². The van der Waals surface area contributed by atoms with Gasteiger partial charge < -0.3 is 15.0 Å². The summed E-state index contributed by atoms with van der Waals surface area (Å²) in [5, 5.41) is 3.00. The van der Waals surface area contributed by atoms with E-state index in [4.69, 9.17) is 4.74 Å². The number of hydrogen-bond acceptors (Lipinski definition) is 5. The fraction of sp³-hybridized carbons (Fsp3) is 0.667. The Morgan fingerprint density at radius 3 is 2.28 bits per heavy atom. The number of ether oxygens (including phenoxy) is 1. The molecule has 0 atom stereocenters. The standard InChI is InChI=1S/C21H33N3O4S/c25-21(22-11-14-23-12-3-1-2-4-13-23)10-7-19-5-8-20(9-6-19)29(26,27)24-15-17-28-18-16-24/h5-6,8-9H,1-4,7,10-18H2,(H,22,25). The highest BCUT2D eigenvalue weighted by molar-refractivity contribution is 7.89. The second kappa shape index (κ2) is 11.1. The molecule has 2 fully saturated rings. The molecule has 1 N–H and O–H groups in total. The first kappa shape index (κ1) is 22.2. The van der Waals surface area contributed by atoms with E-state index >= 15 is 0 Å². The van der Waals surface area contributed by atoms with Crippen LogP contribution in [0.25, 0.3) is 0 Å². The first-order chi connectivity index (χ1) is 14.1. The van der Waals surface area contributed by atoms with Crippen LogP contribution in [0.3, 0.4) is 0 Å². The Kier molecular flexibility index (Phi) is 8.47. The van der Waals surface area contributed by atoms with Gasteiger partial charge in [-0.2, -0.15) is 4.31 Å². The van der Waals surface area contributed by atoms with Crippen molar-refractivity contribution in [2.24, 2.45) is 0 Å². The number of amides is 1. The minimum atomic E-state index is -3.47. The molecule has 1 aromatic carbocycles. The van der Waals surface area contributed by atoms with Crippen LogP contribution in [-0.2, 0) is 26.0 Å². The van der Waals surface area contributed by atoms with Crippen molar-refractivity contribution in [2.75, 3.05) is 52.5 Å². The molecule has 0 saturated carbocycles. The zero-order chi connectivity index (χ0) is 20.5. The topological polar surface area (TPSA) is 79.0 Å². The molecular weight excluding hydrogens is 390 g/mol. The summed E-state index contributed by atoms with van der Waals surface area (Å²) >= 11 is 0. The summed E-state index contributed by atoms with van der Waals surface area (Å²) < 4.78 is 32.0. The first-order valence-corrected chi connectivity index (χ1v) is 12.2. The molecule has 2 heterocycles. The van der Waals surface area contributed by atoms with E-state index in [9.17, 15) is 13.2 Å². The van der Waals surface area contributed by atoms with Crippen molar-refractivity contribution in [3.8, 4) is 0 Å². The number of benzene rings is 1. The second-order valence-electron chi connectivity index (χ2n) is 7.77. The van der Waals surface area contributed by atoms with Gasteiger partial charge in [0.1, 0.15) is 0 Å². The fourth-order valence-corrected chi connectivity index (χ4v) is 5.23. The molecule has 0 spiro atoms. The summed E-state index contributed by atoms with van der Waals surface area (Å²) in [6.07, 6.45) is 6.16. The van der Waals surface area contributed by atoms with E-state index in [2.05, 4.69) is 10.2 Å². The molecule has 0 unspecified atom stereocenters. The van der Waals surface area contributed by atoms with Crippen LogP contribution in [0, 0.1) is 0 Å². The molecule has 162 valence electrons. The van der Waals surface area contributed by atoms with E-state index < -0.39 is 10.0 Å². The van der Waals surface area contributed by atoms with Crippen molar-refractivity contribution in [3.63, 3.8) is 0 Å². The number of morpholine rings is 1. The monoisotopic (exact) mass is 423 g/mol. The quantitative estimate of drug-likeness (QED) is 0.688. The number of sulfonamides is 1. The lowest BCUT2D eigenvalue weighted by Gasteiger charge is -2.26. The predicted molar refractivity (Wildman–Crippen MR) is 112 cm³/mol. The second-order valence-corrected chi connectivity index (χ2v) is 9.70. The van der Waals surface area contributed by atoms with Crippen LogP contribution < -0.4 is 5.32 Å². The van der Waals surface area contributed by atoms with Gasteiger partial charge >= 0.3 is 0 Å². The SMILES string of the molecule is O=C(CCc1ccc(S(=O)(=O)N2CCOCC2)cc1)NCCN1CCCCCC1. The van der Waals surface area contributed by atoms with Crippen LogP contribution in [0.2, 0.25) is 0 Å². The highest BCUT2D eigenvalue weighted by Crippen LogP contribution is 2.18. The summed E-state index contributed by atoms with van der Waals surface area (Å²) in [5.74, 6) is 0.0461. The lowest BCUT2D eigenvalue weighted by Crippen LogP contribution is -2.40. The number of carbonyl (C=O) groups excluding carboxylic acids is 1. The average molecular weight is 424 g/mol. The summed E-state index contributed by atoms with van der Waals surface area (Å²) in [6.45, 7) is 5.53. The molecule has 29 heavy (non-hydrogen) atoms. The molecule has 0 bridgehead atoms. The highest BCUT2D eigenvalue weighted by Gasteiger charge is 2.26. The Hall–Kier alpha value is -1.48. The maximum atomic E-state index is 12.6. The minimum absolute atomic E-state index is 0.0461. The summed E-state index contributed by atoms with van der Waals surface area (Å²) in [7, 11) is -3.47. The fourth-order valence-electron chi connectivity index (χ4n) is 3.82. The van der Waals surface area contributed by atoms with E-state index in [1.54, 1.807) is 24.3 Å². The number of aryl methyl sites for hydroxylation is 1. The first-order valence-electron chi connectivity index (χ1n) is 10.7. The third-order valence-corrected chi connectivity index (χ3v) is 7.53. The van der Waals surface area contributed by atoms with Crippen molar-refractivity contribution in [3.05, 3.63) is 29.8 Å². The third-order valence-electron chi connectivity index (χ3n) is 5.62. The zero-order valence-electron chi connectivity index (χ0n) is 17.1. The van der Waals surface area contributed by atoms with Gasteiger partial charge in [0.25, 0.3) is 0 Å². The Balaban J connectivity index is 1.40. The Labute approximate surface area is 174 Å². The summed E-state index contributed by atoms with van der Waals surface area (Å²) in [4.78, 5) is 14.8. The van der Waals surface area contributed by atoms with Crippen LogP contribution in [0.15, 0.2) is 29.2 Å². The lowest BCUT2D eigenvalue weighted by molar-refractivity contribution is -0.121. The third kappa shape index (κ3) is 6.77. The molecule has 0 aromatic heterocycles. The van der Waals surface area contributed by atoms with Gasteiger partial charge in [0.15, 0.2) is 0 Å². The van der Waals surface area contributed by atoms with Crippen LogP contribution in [0.5, 0.6) is 0 Å². The molecule has 1 aromatic rings. The molecule has 0 radical (unpaired) electrons. The predicted octanol–water partition coefficient (Wildman–Crippen LogP) is 1.63. The zero-order valence-corrected chi connectivity index (χ0v) is 18.0. The molecule has 1 amide bonds. The summed E-state index contributed by atoms with van der Waals surface area (Å²) in [6, 6.07) is 6.88. The molecule has 8 heteroatoms. The average Bonchev–Trinajstić information content (AvgIpc) is 3.02. The van der Waals surface area contributed by atoms with Gasteiger partial charge in [0.05, 0.1) is 18.1 Å². The van der Waals surface area contributed by atoms with Gasteiger partial charge in [0.2, 0.25) is 15.9 Å². The Morgan fingerprint density at radius 2 is 1.62 bits per heavy atom. The number of likely N-dealkylation sites (tertiary alicyclic amines) is 1. The summed E-state index contributed by atoms with van der Waals surface area (Å²) in [5.41, 5.74) is 0.966. The van der Waals surface area contributed by atoms with E-state index in [-0.39, 0.29) is 5.91 Å². The Morgan fingerprint density at radius 1 is 0.966 bits per heavy atom. The van der Waals surface area contributed by atoms with Gasteiger partial charge in [-0.3, -0.25) is 4.79 Å². The van der Waals surface area contributed by atoms with E-state index in [0.717, 1.165) is 25.2 Å². The van der Waals surface area contributed by atoms with Crippen molar-refractivity contribution >= 4 is 15.9 Å². The number of nitrogens with zero attached hydrogens (tertiary/aromatic N) is 2. The van der Waals surface area contributed by atoms with Gasteiger partial charge in [-0.25, -0.2) is 8.42 Å². The lowest BCUT2D eigenvalue weighted by atomic mass is 10.1. The molecule has 2 aliphatic rings. The highest BCUT2D eigenvalue weighted by atomic mass is 32.2. The molecule has 2 saturated heterocycles. The largest absolute Gasteiger partial charge is 0.379 e. The van der Waals surface area contributed by atoms with Crippen LogP contribution in [0.4, 0.5) is 0 Å². The number of rotatable bonds is 8.